The van der Waals surface area contributed by atoms with Crippen molar-refractivity contribution < 1.29 is 32.6 Å². The number of aliphatic hydroxyl groups is 1. The summed E-state index contributed by atoms with van der Waals surface area (Å²) in [5.41, 5.74) is 0. The molecule has 7 heavy (non-hydrogen) atoms. The molecule has 1 saturated heterocycles. The molecule has 5 heteroatoms. The molecule has 1 rings (SSSR count). The minimum absolute atomic E-state index is 0.0397. The van der Waals surface area contributed by atoms with Crippen LogP contribution in [0.1, 0.15) is 0 Å². The van der Waals surface area contributed by atoms with E-state index in [0.717, 1.165) is 0 Å². The van der Waals surface area contributed by atoms with E-state index in [1.165, 1.54) is 0 Å². The molecule has 42 valence electrons. The first-order chi connectivity index (χ1) is 3.43. The van der Waals surface area contributed by atoms with E-state index in [4.69, 9.17) is 8.77 Å². The van der Waals surface area contributed by atoms with Gasteiger partial charge in [-0.25, -0.2) is 0 Å². The van der Waals surface area contributed by atoms with E-state index in [1.54, 1.807) is 0 Å². The van der Waals surface area contributed by atoms with Crippen LogP contribution in [0, 0.1) is 0 Å². The van der Waals surface area contributed by atoms with Gasteiger partial charge >= 0.3 is 45.8 Å². The standard InChI is InChI=1S/C2H5O2.O2.V/c3-1-2-4;1-2;/h3H,1-2H2;;/q-1;-2;+3. The van der Waals surface area contributed by atoms with E-state index in [0.29, 0.717) is 6.61 Å². The number of rotatable bonds is 3. The second-order valence-electron chi connectivity index (χ2n) is 0.930. The van der Waals surface area contributed by atoms with Gasteiger partial charge in [-0.1, -0.05) is 0 Å². The van der Waals surface area contributed by atoms with Crippen molar-refractivity contribution in [2.75, 3.05) is 13.2 Å². The molecule has 0 spiro atoms. The predicted octanol–water partition coefficient (Wildman–Crippen LogP) is -0.680. The topological polar surface area (TPSA) is 54.5 Å². The number of hydrogen-bond donors (Lipinski definition) is 1. The van der Waals surface area contributed by atoms with Crippen molar-refractivity contribution in [3.05, 3.63) is 0 Å². The van der Waals surface area contributed by atoms with Crippen LogP contribution in [0.5, 0.6) is 0 Å². The third-order valence-electron chi connectivity index (χ3n) is 0.423. The SMILES string of the molecule is OCC[O][V]1[O][O]1. The maximum atomic E-state index is 8.13. The van der Waals surface area contributed by atoms with Gasteiger partial charge in [-0.05, 0) is 0 Å². The molecule has 0 radical (unpaired) electrons. The van der Waals surface area contributed by atoms with Crippen LogP contribution < -0.4 is 0 Å². The Hall–Kier alpha value is 0.424. The summed E-state index contributed by atoms with van der Waals surface area (Å²) in [4.78, 5) is 0. The molecule has 0 amide bonds. The molecule has 1 N–H and O–H groups in total. The molecule has 0 atom stereocenters. The van der Waals surface area contributed by atoms with E-state index in [1.807, 2.05) is 0 Å². The summed E-state index contributed by atoms with van der Waals surface area (Å²) in [7, 11) is 0. The Bertz CT molecular complexity index is 53.7. The Morgan fingerprint density at radius 2 is 2.29 bits per heavy atom. The zero-order valence-corrected chi connectivity index (χ0v) is 4.93. The van der Waals surface area contributed by atoms with E-state index in [-0.39, 0.29) is 6.61 Å². The number of aliphatic hydroxyl groups excluding tert-OH is 1. The van der Waals surface area contributed by atoms with Gasteiger partial charge in [0.1, 0.15) is 0 Å². The van der Waals surface area contributed by atoms with Gasteiger partial charge in [-0.2, -0.15) is 0 Å². The minimum atomic E-state index is -1.65. The van der Waals surface area contributed by atoms with E-state index >= 15 is 0 Å². The van der Waals surface area contributed by atoms with E-state index in [9.17, 15) is 0 Å². The molecule has 0 aromatic heterocycles. The van der Waals surface area contributed by atoms with Gasteiger partial charge in [0.2, 0.25) is 0 Å². The molecular formula is C2H5O4V. The molecule has 1 heterocycles. The molecule has 1 fully saturated rings. The Kier molecular flexibility index (Phi) is 2.12. The average Bonchev–Trinajstić information content (AvgIpc) is 2.42. The monoisotopic (exact) mass is 144 g/mol. The summed E-state index contributed by atoms with van der Waals surface area (Å²) in [6, 6.07) is 0. The summed E-state index contributed by atoms with van der Waals surface area (Å²) < 4.78 is 13.4. The fraction of sp³-hybridized carbons (Fsp3) is 1.00. The molecule has 1 aliphatic rings. The molecular weight excluding hydrogens is 139 g/mol. The molecule has 4 nitrogen and oxygen atoms in total. The first-order valence-electron chi connectivity index (χ1n) is 1.82. The predicted molar refractivity (Wildman–Crippen MR) is 15.2 cm³/mol. The summed E-state index contributed by atoms with van der Waals surface area (Å²) >= 11 is -1.65. The molecule has 1 aliphatic heterocycles. The van der Waals surface area contributed by atoms with E-state index < -0.39 is 16.2 Å². The molecule has 0 aliphatic carbocycles. The molecule has 0 saturated carbocycles. The van der Waals surface area contributed by atoms with Crippen molar-refractivity contribution in [1.82, 2.24) is 0 Å². The zero-order chi connectivity index (χ0) is 5.11. The maximum absolute atomic E-state index is 8.13. The van der Waals surface area contributed by atoms with Gasteiger partial charge < -0.3 is 0 Å². The normalized spacial score (nSPS) is 20.1. The van der Waals surface area contributed by atoms with Crippen molar-refractivity contribution in [3.63, 3.8) is 0 Å². The van der Waals surface area contributed by atoms with Crippen LogP contribution in [-0.4, -0.2) is 18.3 Å². The van der Waals surface area contributed by atoms with Gasteiger partial charge in [-0.15, -0.1) is 0 Å². The van der Waals surface area contributed by atoms with Crippen LogP contribution >= 0.6 is 0 Å². The molecule has 0 bridgehead atoms. The Morgan fingerprint density at radius 1 is 1.57 bits per heavy atom. The Balaban J connectivity index is 1.80. The van der Waals surface area contributed by atoms with Gasteiger partial charge in [-0.3, -0.25) is 0 Å². The van der Waals surface area contributed by atoms with Crippen molar-refractivity contribution in [1.29, 1.82) is 0 Å². The second-order valence-corrected chi connectivity index (χ2v) is 2.50. The van der Waals surface area contributed by atoms with Crippen molar-refractivity contribution >= 4 is 0 Å². The molecule has 0 aromatic rings. The van der Waals surface area contributed by atoms with Crippen LogP contribution in [0.4, 0.5) is 0 Å². The van der Waals surface area contributed by atoms with Crippen LogP contribution in [0.15, 0.2) is 0 Å². The van der Waals surface area contributed by atoms with Gasteiger partial charge in [0, 0.05) is 0 Å². The molecule has 0 unspecified atom stereocenters. The zero-order valence-electron chi connectivity index (χ0n) is 3.53. The third-order valence-corrected chi connectivity index (χ3v) is 1.46. The first kappa shape index (κ1) is 5.56. The third kappa shape index (κ3) is 2.28. The van der Waals surface area contributed by atoms with E-state index in [2.05, 4.69) is 7.63 Å². The van der Waals surface area contributed by atoms with Gasteiger partial charge in [0.15, 0.2) is 0 Å². The first-order valence-corrected chi connectivity index (χ1v) is 3.53. The summed E-state index contributed by atoms with van der Waals surface area (Å²) in [5, 5.41) is 8.13. The van der Waals surface area contributed by atoms with Crippen molar-refractivity contribution in [3.8, 4) is 0 Å². The Morgan fingerprint density at radius 3 is 2.71 bits per heavy atom. The summed E-state index contributed by atoms with van der Waals surface area (Å²) in [6.07, 6.45) is 0. The summed E-state index contributed by atoms with van der Waals surface area (Å²) in [5.74, 6) is 0. The fourth-order valence-corrected chi connectivity index (χ4v) is 0.884. The van der Waals surface area contributed by atoms with Crippen LogP contribution in [0.25, 0.3) is 0 Å². The van der Waals surface area contributed by atoms with Crippen LogP contribution in [-0.2, 0) is 27.5 Å². The van der Waals surface area contributed by atoms with Gasteiger partial charge in [0.05, 0.1) is 0 Å². The Labute approximate surface area is 46.5 Å². The van der Waals surface area contributed by atoms with Gasteiger partial charge in [0.25, 0.3) is 0 Å². The second kappa shape index (κ2) is 2.66. The molecule has 0 aromatic carbocycles. The number of hydrogen-bond acceptors (Lipinski definition) is 4. The fourth-order valence-electron chi connectivity index (χ4n) is 0.172. The van der Waals surface area contributed by atoms with Crippen LogP contribution in [0.3, 0.4) is 0 Å². The van der Waals surface area contributed by atoms with Crippen molar-refractivity contribution in [2.45, 2.75) is 0 Å². The van der Waals surface area contributed by atoms with Crippen LogP contribution in [0.2, 0.25) is 0 Å². The van der Waals surface area contributed by atoms with Crippen molar-refractivity contribution in [2.24, 2.45) is 0 Å². The summed E-state index contributed by atoms with van der Waals surface area (Å²) in [6.45, 7) is 0.373. The quantitative estimate of drug-likeness (QED) is 0.421. The average molecular weight is 144 g/mol.